The maximum atomic E-state index is 11.9. The third-order valence-corrected chi connectivity index (χ3v) is 4.38. The van der Waals surface area contributed by atoms with E-state index in [1.807, 2.05) is 12.1 Å². The second-order valence-electron chi connectivity index (χ2n) is 4.76. The zero-order valence-electron chi connectivity index (χ0n) is 12.4. The zero-order chi connectivity index (χ0) is 16.8. The SMILES string of the molecule is Cc1nc(SCC(=O)Nc2cccc(Br)c2)[nH]c(=O)c1CCO. The molecule has 0 fully saturated rings. The van der Waals surface area contributed by atoms with Crippen LogP contribution >= 0.6 is 27.7 Å². The highest BCUT2D eigenvalue weighted by Crippen LogP contribution is 2.17. The summed E-state index contributed by atoms with van der Waals surface area (Å²) >= 11 is 4.49. The van der Waals surface area contributed by atoms with Gasteiger partial charge in [0.05, 0.1) is 5.75 Å². The van der Waals surface area contributed by atoms with E-state index in [0.717, 1.165) is 16.2 Å². The van der Waals surface area contributed by atoms with Gasteiger partial charge in [0.1, 0.15) is 0 Å². The molecule has 0 aliphatic carbocycles. The molecule has 23 heavy (non-hydrogen) atoms. The quantitative estimate of drug-likeness (QED) is 0.512. The Labute approximate surface area is 145 Å². The molecule has 1 heterocycles. The Morgan fingerprint density at radius 1 is 1.48 bits per heavy atom. The summed E-state index contributed by atoms with van der Waals surface area (Å²) < 4.78 is 0.879. The number of hydrogen-bond donors (Lipinski definition) is 3. The molecule has 0 bridgehead atoms. The molecule has 0 saturated heterocycles. The molecule has 0 spiro atoms. The van der Waals surface area contributed by atoms with Crippen molar-refractivity contribution in [2.24, 2.45) is 0 Å². The number of aryl methyl sites for hydroxylation is 1. The number of aromatic amines is 1. The molecule has 1 aromatic heterocycles. The predicted molar refractivity (Wildman–Crippen MR) is 93.9 cm³/mol. The first-order valence-corrected chi connectivity index (χ1v) is 8.66. The van der Waals surface area contributed by atoms with Crippen molar-refractivity contribution in [3.05, 3.63) is 50.3 Å². The molecule has 122 valence electrons. The van der Waals surface area contributed by atoms with Gasteiger partial charge in [-0.25, -0.2) is 4.98 Å². The van der Waals surface area contributed by atoms with Crippen molar-refractivity contribution in [1.82, 2.24) is 9.97 Å². The number of nitrogens with zero attached hydrogens (tertiary/aromatic N) is 1. The summed E-state index contributed by atoms with van der Waals surface area (Å²) in [6.07, 6.45) is 0.266. The number of aromatic nitrogens is 2. The van der Waals surface area contributed by atoms with E-state index in [4.69, 9.17) is 5.11 Å². The van der Waals surface area contributed by atoms with Gasteiger partial charge in [-0.1, -0.05) is 33.8 Å². The summed E-state index contributed by atoms with van der Waals surface area (Å²) in [6.45, 7) is 1.61. The summed E-state index contributed by atoms with van der Waals surface area (Å²) in [6, 6.07) is 7.29. The van der Waals surface area contributed by atoms with E-state index in [1.54, 1.807) is 19.1 Å². The van der Waals surface area contributed by atoms with Gasteiger partial charge in [0, 0.05) is 34.4 Å². The molecule has 0 saturated carbocycles. The van der Waals surface area contributed by atoms with Crippen molar-refractivity contribution in [3.63, 3.8) is 0 Å². The van der Waals surface area contributed by atoms with Gasteiger partial charge in [-0.05, 0) is 25.1 Å². The van der Waals surface area contributed by atoms with Crippen LogP contribution in [-0.2, 0) is 11.2 Å². The lowest BCUT2D eigenvalue weighted by Gasteiger charge is -2.07. The van der Waals surface area contributed by atoms with Crippen molar-refractivity contribution in [2.45, 2.75) is 18.5 Å². The molecule has 3 N–H and O–H groups in total. The van der Waals surface area contributed by atoms with Crippen LogP contribution in [0.4, 0.5) is 5.69 Å². The largest absolute Gasteiger partial charge is 0.396 e. The van der Waals surface area contributed by atoms with Crippen LogP contribution in [0.1, 0.15) is 11.3 Å². The van der Waals surface area contributed by atoms with Gasteiger partial charge in [-0.15, -0.1) is 0 Å². The first kappa shape index (κ1) is 17.7. The van der Waals surface area contributed by atoms with E-state index in [-0.39, 0.29) is 30.2 Å². The van der Waals surface area contributed by atoms with E-state index in [9.17, 15) is 9.59 Å². The number of H-pyrrole nitrogens is 1. The third kappa shape index (κ3) is 5.19. The standard InChI is InChI=1S/C15H16BrN3O3S/c1-9-12(5-6-20)14(22)19-15(17-9)23-8-13(21)18-11-4-2-3-10(16)7-11/h2-4,7,20H,5-6,8H2,1H3,(H,18,21)(H,17,19,22). The number of aliphatic hydroxyl groups excluding tert-OH is 1. The van der Waals surface area contributed by atoms with Gasteiger partial charge < -0.3 is 15.4 Å². The number of benzene rings is 1. The van der Waals surface area contributed by atoms with E-state index in [2.05, 4.69) is 31.2 Å². The molecule has 0 atom stereocenters. The van der Waals surface area contributed by atoms with E-state index in [1.165, 1.54) is 0 Å². The Morgan fingerprint density at radius 3 is 2.91 bits per heavy atom. The minimum Gasteiger partial charge on any atom is -0.396 e. The molecular formula is C15H16BrN3O3S. The summed E-state index contributed by atoms with van der Waals surface area (Å²) in [7, 11) is 0. The molecule has 0 aliphatic heterocycles. The lowest BCUT2D eigenvalue weighted by atomic mass is 10.2. The maximum Gasteiger partial charge on any atom is 0.255 e. The lowest BCUT2D eigenvalue weighted by molar-refractivity contribution is -0.113. The fourth-order valence-corrected chi connectivity index (χ4v) is 3.06. The Morgan fingerprint density at radius 2 is 2.26 bits per heavy atom. The van der Waals surface area contributed by atoms with Gasteiger partial charge >= 0.3 is 0 Å². The molecule has 0 radical (unpaired) electrons. The molecule has 0 aliphatic rings. The molecule has 0 unspecified atom stereocenters. The topological polar surface area (TPSA) is 95.1 Å². The highest BCUT2D eigenvalue weighted by atomic mass is 79.9. The van der Waals surface area contributed by atoms with E-state index in [0.29, 0.717) is 22.1 Å². The molecule has 6 nitrogen and oxygen atoms in total. The number of aliphatic hydroxyl groups is 1. The van der Waals surface area contributed by atoms with Crippen LogP contribution in [0.15, 0.2) is 38.7 Å². The first-order chi connectivity index (χ1) is 11.0. The molecule has 2 aromatic rings. The smallest absolute Gasteiger partial charge is 0.255 e. The fourth-order valence-electron chi connectivity index (χ4n) is 1.96. The highest BCUT2D eigenvalue weighted by Gasteiger charge is 2.10. The fraction of sp³-hybridized carbons (Fsp3) is 0.267. The second kappa shape index (κ2) is 8.28. The van der Waals surface area contributed by atoms with Crippen LogP contribution in [0.3, 0.4) is 0 Å². The number of carbonyl (C=O) groups is 1. The molecule has 8 heteroatoms. The maximum absolute atomic E-state index is 11.9. The number of thioether (sulfide) groups is 1. The Kier molecular flexibility index (Phi) is 6.37. The van der Waals surface area contributed by atoms with Crippen molar-refractivity contribution in [1.29, 1.82) is 0 Å². The van der Waals surface area contributed by atoms with Crippen LogP contribution in [0.25, 0.3) is 0 Å². The van der Waals surface area contributed by atoms with Crippen molar-refractivity contribution < 1.29 is 9.90 Å². The van der Waals surface area contributed by atoms with Gasteiger partial charge in [-0.3, -0.25) is 9.59 Å². The zero-order valence-corrected chi connectivity index (χ0v) is 14.8. The minimum atomic E-state index is -0.276. The van der Waals surface area contributed by atoms with Gasteiger partial charge in [0.15, 0.2) is 5.16 Å². The third-order valence-electron chi connectivity index (χ3n) is 3.01. The van der Waals surface area contributed by atoms with Crippen LogP contribution in [0.5, 0.6) is 0 Å². The summed E-state index contributed by atoms with van der Waals surface area (Å²) in [5.41, 5.74) is 1.45. The van der Waals surface area contributed by atoms with Gasteiger partial charge in [-0.2, -0.15) is 0 Å². The molecule has 2 rings (SSSR count). The average molecular weight is 398 g/mol. The van der Waals surface area contributed by atoms with Crippen molar-refractivity contribution in [3.8, 4) is 0 Å². The van der Waals surface area contributed by atoms with Gasteiger partial charge in [0.2, 0.25) is 5.91 Å². The Balaban J connectivity index is 1.98. The number of amides is 1. The van der Waals surface area contributed by atoms with Crippen LogP contribution in [-0.4, -0.2) is 33.3 Å². The van der Waals surface area contributed by atoms with Crippen LogP contribution in [0.2, 0.25) is 0 Å². The van der Waals surface area contributed by atoms with E-state index >= 15 is 0 Å². The number of halogens is 1. The van der Waals surface area contributed by atoms with Crippen molar-refractivity contribution >= 4 is 39.3 Å². The molecular weight excluding hydrogens is 382 g/mol. The summed E-state index contributed by atoms with van der Waals surface area (Å²) in [5.74, 6) is -0.0540. The second-order valence-corrected chi connectivity index (χ2v) is 6.64. The Hall–Kier alpha value is -1.64. The summed E-state index contributed by atoms with van der Waals surface area (Å²) in [4.78, 5) is 30.7. The lowest BCUT2D eigenvalue weighted by Crippen LogP contribution is -2.19. The highest BCUT2D eigenvalue weighted by molar-refractivity contribution is 9.10. The van der Waals surface area contributed by atoms with Gasteiger partial charge in [0.25, 0.3) is 5.56 Å². The van der Waals surface area contributed by atoms with Crippen molar-refractivity contribution in [2.75, 3.05) is 17.7 Å². The first-order valence-electron chi connectivity index (χ1n) is 6.88. The number of carbonyl (C=O) groups excluding carboxylic acids is 1. The Bertz CT molecular complexity index is 764. The number of anilines is 1. The average Bonchev–Trinajstić information content (AvgIpc) is 2.49. The molecule has 1 aromatic carbocycles. The van der Waals surface area contributed by atoms with E-state index < -0.39 is 0 Å². The number of hydrogen-bond acceptors (Lipinski definition) is 5. The van der Waals surface area contributed by atoms with Crippen LogP contribution in [0, 0.1) is 6.92 Å². The molecule has 1 amide bonds. The predicted octanol–water partition coefficient (Wildman–Crippen LogP) is 2.11. The minimum absolute atomic E-state index is 0.104. The monoisotopic (exact) mass is 397 g/mol. The number of rotatable bonds is 6. The normalized spacial score (nSPS) is 10.6. The van der Waals surface area contributed by atoms with Crippen LogP contribution < -0.4 is 10.9 Å². The summed E-state index contributed by atoms with van der Waals surface area (Å²) in [5, 5.41) is 12.1. The number of nitrogens with one attached hydrogen (secondary N) is 2.